The van der Waals surface area contributed by atoms with Gasteiger partial charge in [-0.3, -0.25) is 48.5 Å². The minimum atomic E-state index is -0.861. The molecule has 3 aromatic rings. The second kappa shape index (κ2) is 30.5. The molecule has 2 aliphatic heterocycles. The zero-order chi connectivity index (χ0) is 51.7. The molecule has 5 atom stereocenters. The van der Waals surface area contributed by atoms with E-state index in [1.54, 1.807) is 13.1 Å². The van der Waals surface area contributed by atoms with Gasteiger partial charge in [0.1, 0.15) is 6.10 Å². The van der Waals surface area contributed by atoms with E-state index in [1.165, 1.54) is 27.3 Å². The number of rotatable bonds is 17. The molecule has 68 heavy (non-hydrogen) atoms. The van der Waals surface area contributed by atoms with E-state index in [2.05, 4.69) is 29.1 Å². The molecule has 0 aliphatic carbocycles. The number of ketones is 1. The van der Waals surface area contributed by atoms with Crippen LogP contribution >= 0.6 is 0 Å². The van der Waals surface area contributed by atoms with Crippen molar-refractivity contribution in [1.29, 1.82) is 0 Å². The number of hydrogen-bond acceptors (Lipinski definition) is 18. The summed E-state index contributed by atoms with van der Waals surface area (Å²) in [4.78, 5) is 77.9. The SMILES string of the molecule is C=C(O)NCC(=O)C(C)C.CCC(=O)OC(Cc1cn(CCC(N)C(N)=O)nn1)c1ccc(O)c([N+](=O)[O-])c1.CCc1ccc(N2C(=O)CC(C(C)C)C2=O)cc1.O=CO.OC1COCC(O)C1. The minimum Gasteiger partial charge on any atom is -0.502 e. The molecule has 23 heteroatoms. The van der Waals surface area contributed by atoms with Crippen LogP contribution in [0.5, 0.6) is 5.75 Å². The number of benzene rings is 2. The summed E-state index contributed by atoms with van der Waals surface area (Å²) < 4.78 is 11.7. The molecule has 10 N–H and O–H groups in total. The highest BCUT2D eigenvalue weighted by atomic mass is 16.6. The molecule has 1 aromatic heterocycles. The number of aryl methyl sites for hydroxylation is 2. The first-order valence-corrected chi connectivity index (χ1v) is 21.7. The van der Waals surface area contributed by atoms with Crippen molar-refractivity contribution >= 4 is 47.3 Å². The summed E-state index contributed by atoms with van der Waals surface area (Å²) in [5.74, 6) is -1.78. The lowest BCUT2D eigenvalue weighted by Crippen LogP contribution is -2.37. The Hall–Kier alpha value is -6.82. The summed E-state index contributed by atoms with van der Waals surface area (Å²) in [6, 6.07) is 10.6. The van der Waals surface area contributed by atoms with E-state index in [9.17, 15) is 39.2 Å². The Balaban J connectivity index is 0.000000499. The number of hydrogen-bond donors (Lipinski definition) is 8. The third kappa shape index (κ3) is 21.2. The fraction of sp³-hybridized carbons (Fsp3) is 0.511. The number of phenolic OH excluding ortho intramolecular Hbond substituents is 1. The Morgan fingerprint density at radius 3 is 2.13 bits per heavy atom. The van der Waals surface area contributed by atoms with Gasteiger partial charge in [-0.15, -0.1) is 5.10 Å². The Labute approximate surface area is 394 Å². The number of carboxylic acid groups (broad SMARTS) is 1. The second-order valence-electron chi connectivity index (χ2n) is 16.1. The number of anilines is 1. The van der Waals surface area contributed by atoms with Crippen molar-refractivity contribution in [2.75, 3.05) is 24.7 Å². The molecular formula is C45H66N8O15. The summed E-state index contributed by atoms with van der Waals surface area (Å²) in [6.07, 6.45) is 2.07. The molecule has 0 spiro atoms. The predicted molar refractivity (Wildman–Crippen MR) is 246 cm³/mol. The first-order chi connectivity index (χ1) is 32.0. The van der Waals surface area contributed by atoms with E-state index in [-0.39, 0.29) is 73.5 Å². The molecule has 3 heterocycles. The van der Waals surface area contributed by atoms with Crippen LogP contribution in [-0.2, 0) is 57.6 Å². The van der Waals surface area contributed by atoms with Gasteiger partial charge in [0.05, 0.1) is 60.2 Å². The number of Topliss-reactive ketones (excluding diaryl/α,β-unsaturated/α-hetero) is 1. The van der Waals surface area contributed by atoms with Crippen LogP contribution in [0, 0.1) is 27.9 Å². The van der Waals surface area contributed by atoms with Gasteiger partial charge < -0.3 is 51.8 Å². The van der Waals surface area contributed by atoms with Crippen LogP contribution in [-0.4, -0.2) is 119 Å². The number of imide groups is 1. The van der Waals surface area contributed by atoms with Gasteiger partial charge in [-0.25, -0.2) is 0 Å². The second-order valence-corrected chi connectivity index (χ2v) is 16.1. The molecule has 5 rings (SSSR count). The molecule has 0 saturated carbocycles. The number of phenols is 1. The number of nitro benzene ring substituents is 1. The first-order valence-electron chi connectivity index (χ1n) is 21.7. The van der Waals surface area contributed by atoms with Gasteiger partial charge in [0.2, 0.25) is 17.7 Å². The number of esters is 1. The largest absolute Gasteiger partial charge is 0.502 e. The van der Waals surface area contributed by atoms with Gasteiger partial charge in [-0.2, -0.15) is 0 Å². The molecule has 2 aromatic carbocycles. The number of aromatic hydroxyl groups is 1. The zero-order valence-electron chi connectivity index (χ0n) is 39.2. The quantitative estimate of drug-likeness (QED) is 0.0241. The number of ether oxygens (including phenoxy) is 2. The highest BCUT2D eigenvalue weighted by molar-refractivity contribution is 6.21. The molecule has 376 valence electrons. The smallest absolute Gasteiger partial charge is 0.311 e. The van der Waals surface area contributed by atoms with Crippen molar-refractivity contribution in [3.05, 3.63) is 88.1 Å². The number of nitrogens with two attached hydrogens (primary N) is 2. The molecule has 2 aliphatic rings. The normalized spacial score (nSPS) is 17.0. The fourth-order valence-corrected chi connectivity index (χ4v) is 6.01. The van der Waals surface area contributed by atoms with Gasteiger partial charge in [-0.05, 0) is 54.7 Å². The number of carbonyl (C=O) groups excluding carboxylic acids is 5. The van der Waals surface area contributed by atoms with Crippen molar-refractivity contribution in [3.8, 4) is 5.75 Å². The third-order valence-corrected chi connectivity index (χ3v) is 10.0. The van der Waals surface area contributed by atoms with Gasteiger partial charge in [0.25, 0.3) is 6.47 Å². The molecule has 3 amide bonds. The van der Waals surface area contributed by atoms with Crippen molar-refractivity contribution in [2.45, 2.75) is 111 Å². The molecule has 2 fully saturated rings. The standard InChI is InChI=1S/C17H22N6O6.C15H19NO2.C7H13NO2.C5H10O3.CH2O2/c1-2-16(25)29-15(10-3-4-14(24)13(7-10)23(27)28)8-11-9-22(21-20-11)6-5-12(18)17(19)26;1-4-11-5-7-12(8-6-11)16-14(17)9-13(10(2)3)15(16)18;1-5(2)7(10)4-8-6(3)9;6-4-1-5(7)3-8-2-4;2-1-3/h3-4,7,9,12,15,24H,2,5-6,8,18H2,1H3,(H2,19,26);5-8,10,13H,4,9H2,1-3H3;5,8-9H,3-4H2,1-2H3;4-7H,1-3H2;1H,(H,2,3). The molecule has 2 saturated heterocycles. The Kier molecular flexibility index (Phi) is 26.5. The lowest BCUT2D eigenvalue weighted by atomic mass is 9.94. The van der Waals surface area contributed by atoms with Crippen LogP contribution in [0.15, 0.2) is 61.1 Å². The highest BCUT2D eigenvalue weighted by Gasteiger charge is 2.40. The van der Waals surface area contributed by atoms with E-state index in [0.717, 1.165) is 12.5 Å². The van der Waals surface area contributed by atoms with Crippen LogP contribution in [0.4, 0.5) is 11.4 Å². The average Bonchev–Trinajstić information content (AvgIpc) is 3.87. The number of amides is 3. The lowest BCUT2D eigenvalue weighted by Gasteiger charge is -2.21. The fourth-order valence-electron chi connectivity index (χ4n) is 6.01. The summed E-state index contributed by atoms with van der Waals surface area (Å²) in [5.41, 5.74) is 12.9. The maximum absolute atomic E-state index is 12.2. The average molecular weight is 959 g/mol. The topological polar surface area (TPSA) is 363 Å². The number of primary amides is 1. The Bertz CT molecular complexity index is 2100. The number of aliphatic hydroxyl groups is 3. The number of aliphatic hydroxyl groups excluding tert-OH is 3. The molecule has 0 bridgehead atoms. The minimum absolute atomic E-state index is 0.00634. The molecular weight excluding hydrogens is 893 g/mol. The first kappa shape index (κ1) is 59.2. The van der Waals surface area contributed by atoms with E-state index in [4.69, 9.17) is 46.2 Å². The van der Waals surface area contributed by atoms with Crippen molar-refractivity contribution < 1.29 is 68.7 Å². The van der Waals surface area contributed by atoms with E-state index >= 15 is 0 Å². The van der Waals surface area contributed by atoms with Crippen LogP contribution in [0.3, 0.4) is 0 Å². The number of nitrogens with zero attached hydrogens (tertiary/aromatic N) is 5. The van der Waals surface area contributed by atoms with Gasteiger partial charge in [0, 0.05) is 50.4 Å². The number of aromatic nitrogens is 3. The van der Waals surface area contributed by atoms with Gasteiger partial charge in [-0.1, -0.05) is 65.0 Å². The molecule has 5 unspecified atom stereocenters. The highest BCUT2D eigenvalue weighted by Crippen LogP contribution is 2.32. The number of nitro groups is 1. The van der Waals surface area contributed by atoms with Gasteiger partial charge in [0.15, 0.2) is 17.4 Å². The van der Waals surface area contributed by atoms with E-state index < -0.39 is 52.6 Å². The van der Waals surface area contributed by atoms with Crippen LogP contribution in [0.1, 0.15) is 90.2 Å². The van der Waals surface area contributed by atoms with Crippen LogP contribution in [0.25, 0.3) is 0 Å². The summed E-state index contributed by atoms with van der Waals surface area (Å²) in [5, 5.41) is 64.1. The van der Waals surface area contributed by atoms with Crippen molar-refractivity contribution in [3.63, 3.8) is 0 Å². The van der Waals surface area contributed by atoms with Crippen LogP contribution in [0.2, 0.25) is 0 Å². The van der Waals surface area contributed by atoms with Crippen molar-refractivity contribution in [2.24, 2.45) is 29.2 Å². The van der Waals surface area contributed by atoms with Gasteiger partial charge >= 0.3 is 11.7 Å². The van der Waals surface area contributed by atoms with Crippen LogP contribution < -0.4 is 21.7 Å². The molecule has 0 radical (unpaired) electrons. The summed E-state index contributed by atoms with van der Waals surface area (Å²) >= 11 is 0. The maximum atomic E-state index is 12.2. The summed E-state index contributed by atoms with van der Waals surface area (Å²) in [6.45, 7) is 15.4. The lowest BCUT2D eigenvalue weighted by molar-refractivity contribution is -0.386. The van der Waals surface area contributed by atoms with Crippen molar-refractivity contribution in [1.82, 2.24) is 20.3 Å². The Morgan fingerprint density at radius 2 is 1.68 bits per heavy atom. The summed E-state index contributed by atoms with van der Waals surface area (Å²) in [7, 11) is 0. The van der Waals surface area contributed by atoms with E-state index in [0.29, 0.717) is 49.5 Å². The van der Waals surface area contributed by atoms with E-state index in [1.807, 2.05) is 52.0 Å². The maximum Gasteiger partial charge on any atom is 0.311 e. The zero-order valence-corrected chi connectivity index (χ0v) is 39.2. The molecule has 23 nitrogen and oxygen atoms in total. The third-order valence-electron chi connectivity index (χ3n) is 10.0. The monoisotopic (exact) mass is 958 g/mol. The predicted octanol–water partition coefficient (Wildman–Crippen LogP) is 2.78. The Morgan fingerprint density at radius 1 is 1.07 bits per heavy atom. The number of nitrogens with one attached hydrogen (secondary N) is 1. The number of carbonyl (C=O) groups is 6.